The molecule has 3 heteroatoms. The summed E-state index contributed by atoms with van der Waals surface area (Å²) in [6.45, 7) is 0. The van der Waals surface area contributed by atoms with Crippen LogP contribution >= 0.6 is 0 Å². The molecule has 0 saturated heterocycles. The Labute approximate surface area is 75.5 Å². The minimum atomic E-state index is -1.11. The van der Waals surface area contributed by atoms with Crippen LogP contribution in [-0.4, -0.2) is 11.1 Å². The van der Waals surface area contributed by atoms with Crippen molar-refractivity contribution in [3.8, 4) is 6.07 Å². The maximum Gasteiger partial charge on any atom is 0.329 e. The summed E-state index contributed by atoms with van der Waals surface area (Å²) >= 11 is 0. The van der Waals surface area contributed by atoms with E-state index < -0.39 is 5.97 Å². The molecule has 0 heterocycles. The van der Waals surface area contributed by atoms with E-state index in [1.165, 1.54) is 0 Å². The third-order valence-corrected chi connectivity index (χ3v) is 1.47. The van der Waals surface area contributed by atoms with E-state index in [-0.39, 0.29) is 5.57 Å². The molecule has 0 aliphatic carbocycles. The molecule has 0 unspecified atom stereocenters. The molecule has 0 saturated carbocycles. The zero-order valence-electron chi connectivity index (χ0n) is 6.77. The quantitative estimate of drug-likeness (QED) is 0.546. The van der Waals surface area contributed by atoms with Gasteiger partial charge in [-0.2, -0.15) is 5.26 Å². The number of carboxylic acids is 1. The van der Waals surface area contributed by atoms with Crippen LogP contribution in [0.1, 0.15) is 5.56 Å². The smallest absolute Gasteiger partial charge is 0.329 e. The first-order valence-electron chi connectivity index (χ1n) is 3.64. The van der Waals surface area contributed by atoms with Crippen LogP contribution in [0.25, 0.3) is 5.57 Å². The molecule has 1 aromatic rings. The summed E-state index contributed by atoms with van der Waals surface area (Å²) in [7, 11) is 0. The van der Waals surface area contributed by atoms with Gasteiger partial charge in [-0.1, -0.05) is 30.3 Å². The van der Waals surface area contributed by atoms with Gasteiger partial charge in [0, 0.05) is 6.08 Å². The SMILES string of the molecule is N#C/C(=C\C(=O)O)c1ccccc1. The van der Waals surface area contributed by atoms with Crippen LogP contribution < -0.4 is 0 Å². The molecule has 0 atom stereocenters. The van der Waals surface area contributed by atoms with Crippen molar-refractivity contribution in [2.24, 2.45) is 0 Å². The number of carbonyl (C=O) groups is 1. The van der Waals surface area contributed by atoms with Crippen LogP contribution in [0.5, 0.6) is 0 Å². The third kappa shape index (κ3) is 2.46. The van der Waals surface area contributed by atoms with E-state index in [0.717, 1.165) is 6.08 Å². The lowest BCUT2D eigenvalue weighted by atomic mass is 10.1. The van der Waals surface area contributed by atoms with E-state index in [1.54, 1.807) is 30.3 Å². The Morgan fingerprint density at radius 3 is 2.46 bits per heavy atom. The summed E-state index contributed by atoms with van der Waals surface area (Å²) in [6, 6.07) is 10.5. The van der Waals surface area contributed by atoms with E-state index in [1.807, 2.05) is 6.07 Å². The lowest BCUT2D eigenvalue weighted by Gasteiger charge is -1.95. The van der Waals surface area contributed by atoms with Gasteiger partial charge < -0.3 is 5.11 Å². The summed E-state index contributed by atoms with van der Waals surface area (Å²) in [5, 5.41) is 17.1. The maximum atomic E-state index is 10.3. The predicted octanol–water partition coefficient (Wildman–Crippen LogP) is 1.68. The monoisotopic (exact) mass is 173 g/mol. The number of allylic oxidation sites excluding steroid dienone is 1. The Hall–Kier alpha value is -2.08. The largest absolute Gasteiger partial charge is 0.478 e. The van der Waals surface area contributed by atoms with Crippen molar-refractivity contribution in [2.45, 2.75) is 0 Å². The number of carboxylic acid groups (broad SMARTS) is 1. The lowest BCUT2D eigenvalue weighted by molar-refractivity contribution is -0.131. The van der Waals surface area contributed by atoms with Gasteiger partial charge in [-0.25, -0.2) is 4.79 Å². The van der Waals surface area contributed by atoms with E-state index in [9.17, 15) is 4.79 Å². The Bertz CT molecular complexity index is 374. The number of aliphatic carboxylic acids is 1. The van der Waals surface area contributed by atoms with Crippen molar-refractivity contribution < 1.29 is 9.90 Å². The molecular formula is C10H7NO2. The fourth-order valence-corrected chi connectivity index (χ4v) is 0.921. The molecule has 13 heavy (non-hydrogen) atoms. The number of rotatable bonds is 2. The Morgan fingerprint density at radius 1 is 1.38 bits per heavy atom. The summed E-state index contributed by atoms with van der Waals surface area (Å²) in [4.78, 5) is 10.3. The van der Waals surface area contributed by atoms with E-state index in [0.29, 0.717) is 5.56 Å². The zero-order valence-corrected chi connectivity index (χ0v) is 6.77. The first-order chi connectivity index (χ1) is 6.24. The second kappa shape index (κ2) is 4.07. The normalized spacial score (nSPS) is 10.5. The van der Waals surface area contributed by atoms with Crippen molar-refractivity contribution in [2.75, 3.05) is 0 Å². The van der Waals surface area contributed by atoms with E-state index in [4.69, 9.17) is 10.4 Å². The van der Waals surface area contributed by atoms with Crippen molar-refractivity contribution in [3.05, 3.63) is 42.0 Å². The lowest BCUT2D eigenvalue weighted by Crippen LogP contribution is -1.90. The molecule has 1 rings (SSSR count). The van der Waals surface area contributed by atoms with Gasteiger partial charge in [0.2, 0.25) is 0 Å². The van der Waals surface area contributed by atoms with Gasteiger partial charge in [0.25, 0.3) is 0 Å². The van der Waals surface area contributed by atoms with Crippen molar-refractivity contribution in [3.63, 3.8) is 0 Å². The average Bonchev–Trinajstić information content (AvgIpc) is 2.15. The molecule has 0 spiro atoms. The molecule has 0 bridgehead atoms. The standard InChI is InChI=1S/C10H7NO2/c11-7-9(6-10(12)13)8-4-2-1-3-5-8/h1-6H,(H,12,13)/b9-6+. The Morgan fingerprint density at radius 2 is 2.00 bits per heavy atom. The van der Waals surface area contributed by atoms with Gasteiger partial charge in [-0.15, -0.1) is 0 Å². The van der Waals surface area contributed by atoms with Crippen LogP contribution in [-0.2, 0) is 4.79 Å². The molecular weight excluding hydrogens is 166 g/mol. The zero-order chi connectivity index (χ0) is 9.68. The number of hydrogen-bond donors (Lipinski definition) is 1. The predicted molar refractivity (Wildman–Crippen MR) is 47.7 cm³/mol. The summed E-state index contributed by atoms with van der Waals surface area (Å²) < 4.78 is 0. The maximum absolute atomic E-state index is 10.3. The van der Waals surface area contributed by atoms with Crippen molar-refractivity contribution in [1.29, 1.82) is 5.26 Å². The number of hydrogen-bond acceptors (Lipinski definition) is 2. The average molecular weight is 173 g/mol. The molecule has 64 valence electrons. The highest BCUT2D eigenvalue weighted by Gasteiger charge is 2.01. The highest BCUT2D eigenvalue weighted by Crippen LogP contribution is 2.11. The van der Waals surface area contributed by atoms with Crippen LogP contribution in [0.3, 0.4) is 0 Å². The van der Waals surface area contributed by atoms with Crippen molar-refractivity contribution >= 4 is 11.5 Å². The molecule has 3 nitrogen and oxygen atoms in total. The van der Waals surface area contributed by atoms with E-state index in [2.05, 4.69) is 0 Å². The summed E-state index contributed by atoms with van der Waals surface area (Å²) in [5.74, 6) is -1.11. The number of nitriles is 1. The first-order valence-corrected chi connectivity index (χ1v) is 3.64. The van der Waals surface area contributed by atoms with Gasteiger partial charge in [0.05, 0.1) is 5.57 Å². The molecule has 0 amide bonds. The van der Waals surface area contributed by atoms with Crippen molar-refractivity contribution in [1.82, 2.24) is 0 Å². The molecule has 1 aromatic carbocycles. The van der Waals surface area contributed by atoms with Crippen LogP contribution in [0.4, 0.5) is 0 Å². The molecule has 0 aliphatic heterocycles. The highest BCUT2D eigenvalue weighted by atomic mass is 16.4. The minimum absolute atomic E-state index is 0.160. The highest BCUT2D eigenvalue weighted by molar-refractivity contribution is 5.94. The molecule has 0 aromatic heterocycles. The van der Waals surface area contributed by atoms with Crippen LogP contribution in [0.2, 0.25) is 0 Å². The molecule has 0 radical (unpaired) electrons. The summed E-state index contributed by atoms with van der Waals surface area (Å²) in [5.41, 5.74) is 0.778. The van der Waals surface area contributed by atoms with Crippen LogP contribution in [0.15, 0.2) is 36.4 Å². The molecule has 0 aliphatic rings. The molecule has 1 N–H and O–H groups in total. The minimum Gasteiger partial charge on any atom is -0.478 e. The number of benzene rings is 1. The van der Waals surface area contributed by atoms with E-state index >= 15 is 0 Å². The van der Waals surface area contributed by atoms with Crippen LogP contribution in [0, 0.1) is 11.3 Å². The van der Waals surface area contributed by atoms with Gasteiger partial charge in [-0.3, -0.25) is 0 Å². The Kier molecular flexibility index (Phi) is 2.82. The second-order valence-electron chi connectivity index (χ2n) is 2.37. The van der Waals surface area contributed by atoms with Gasteiger partial charge in [0.15, 0.2) is 0 Å². The molecule has 0 fully saturated rings. The Balaban J connectivity index is 3.07. The van der Waals surface area contributed by atoms with Gasteiger partial charge >= 0.3 is 5.97 Å². The van der Waals surface area contributed by atoms with Gasteiger partial charge in [0.1, 0.15) is 6.07 Å². The fraction of sp³-hybridized carbons (Fsp3) is 0. The third-order valence-electron chi connectivity index (χ3n) is 1.47. The summed E-state index contributed by atoms with van der Waals surface area (Å²) in [6.07, 6.45) is 0.898. The first kappa shape index (κ1) is 9.01. The topological polar surface area (TPSA) is 61.1 Å². The number of nitrogens with zero attached hydrogens (tertiary/aromatic N) is 1. The second-order valence-corrected chi connectivity index (χ2v) is 2.37. The fourth-order valence-electron chi connectivity index (χ4n) is 0.921. The van der Waals surface area contributed by atoms with Gasteiger partial charge in [-0.05, 0) is 5.56 Å².